The van der Waals surface area contributed by atoms with Gasteiger partial charge in [-0.05, 0) is 56.5 Å². The number of nitrogens with zero attached hydrogens (tertiary/aromatic N) is 5. The van der Waals surface area contributed by atoms with Gasteiger partial charge in [0.15, 0.2) is 0 Å². The molecule has 0 saturated carbocycles. The summed E-state index contributed by atoms with van der Waals surface area (Å²) in [5, 5.41) is 3.26. The number of hydrogen-bond donors (Lipinski definition) is 1. The van der Waals surface area contributed by atoms with Gasteiger partial charge in [0.1, 0.15) is 0 Å². The fourth-order valence-electron chi connectivity index (χ4n) is 5.84. The minimum absolute atomic E-state index is 0.0821. The molecular formula is C32H36F6N6O4. The number of amides is 1. The first-order chi connectivity index (χ1) is 22.7. The number of rotatable bonds is 8. The zero-order valence-electron chi connectivity index (χ0n) is 26.8. The Labute approximate surface area is 273 Å². The Bertz CT molecular complexity index is 1580. The Morgan fingerprint density at radius 2 is 1.69 bits per heavy atom. The van der Waals surface area contributed by atoms with Crippen LogP contribution in [-0.4, -0.2) is 66.6 Å². The summed E-state index contributed by atoms with van der Waals surface area (Å²) in [5.41, 5.74) is -1.38. The van der Waals surface area contributed by atoms with Crippen LogP contribution in [0.2, 0.25) is 0 Å². The van der Waals surface area contributed by atoms with Gasteiger partial charge in [0, 0.05) is 31.6 Å². The van der Waals surface area contributed by atoms with Crippen LogP contribution < -0.4 is 19.9 Å². The number of ether oxygens (including phenoxy) is 3. The van der Waals surface area contributed by atoms with Crippen LogP contribution in [0, 0.1) is 0 Å². The van der Waals surface area contributed by atoms with Crippen molar-refractivity contribution < 1.29 is 45.3 Å². The molecule has 2 aliphatic rings. The number of carbonyl (C=O) groups excluding carboxylic acids is 1. The van der Waals surface area contributed by atoms with E-state index in [1.54, 1.807) is 30.9 Å². The highest BCUT2D eigenvalue weighted by molar-refractivity contribution is 5.90. The molecule has 5 rings (SSSR count). The predicted octanol–water partition coefficient (Wildman–Crippen LogP) is 7.03. The lowest BCUT2D eigenvalue weighted by molar-refractivity contribution is -0.143. The number of hydrogen-bond acceptors (Lipinski definition) is 9. The number of morpholine rings is 1. The first kappa shape index (κ1) is 35.0. The molecule has 10 nitrogen and oxygen atoms in total. The first-order valence-electron chi connectivity index (χ1n) is 15.5. The lowest BCUT2D eigenvalue weighted by atomic mass is 9.93. The standard InChI is InChI=1S/C32H36F6N6O4/c1-5-22-16-24(28-25(6-7-27(42-28)46-4)44(22)30(45)48-18(2)3)41-29-39-17-26(43-8-10-47-11-9-43)23(40-29)14-19-12-20(31(33,34)35)15-21(13-19)32(36,37)38/h6-7,12-13,15,17-18,22,24H,5,8-11,14,16H2,1-4H3,(H,39,40,41)/t22-,24+/m1/s1. The van der Waals surface area contributed by atoms with Crippen LogP contribution in [0.1, 0.15) is 67.7 Å². The van der Waals surface area contributed by atoms with Gasteiger partial charge in [0.05, 0.1) is 72.6 Å². The molecule has 48 heavy (non-hydrogen) atoms. The molecule has 1 saturated heterocycles. The summed E-state index contributed by atoms with van der Waals surface area (Å²) in [6, 6.07) is 3.99. The molecule has 16 heteroatoms. The SMILES string of the molecule is CC[C@@H]1C[C@H](Nc2ncc(N3CCOCC3)c(Cc3cc(C(F)(F)F)cc(C(F)(F)F)c3)n2)c2nc(OC)ccc2N1C(=O)OC(C)C. The molecule has 3 aromatic rings. The maximum atomic E-state index is 13.7. The second kappa shape index (κ2) is 14.0. The van der Waals surface area contributed by atoms with Crippen LogP contribution in [0.5, 0.6) is 5.88 Å². The van der Waals surface area contributed by atoms with Crippen LogP contribution in [0.3, 0.4) is 0 Å². The molecule has 4 heterocycles. The number of fused-ring (bicyclic) bond motifs is 1. The van der Waals surface area contributed by atoms with Crippen molar-refractivity contribution in [2.75, 3.05) is 48.5 Å². The molecule has 1 amide bonds. The number of aromatic nitrogens is 3. The van der Waals surface area contributed by atoms with Gasteiger partial charge in [-0.1, -0.05) is 6.92 Å². The topological polar surface area (TPSA) is 102 Å². The smallest absolute Gasteiger partial charge is 0.416 e. The third-order valence-electron chi connectivity index (χ3n) is 8.07. The summed E-state index contributed by atoms with van der Waals surface area (Å²) in [6.07, 6.45) is -8.78. The number of benzene rings is 1. The highest BCUT2D eigenvalue weighted by Crippen LogP contribution is 2.41. The molecule has 0 radical (unpaired) electrons. The van der Waals surface area contributed by atoms with Gasteiger partial charge in [0.2, 0.25) is 11.8 Å². The van der Waals surface area contributed by atoms with Gasteiger partial charge < -0.3 is 24.4 Å². The van der Waals surface area contributed by atoms with E-state index >= 15 is 0 Å². The van der Waals surface area contributed by atoms with E-state index < -0.39 is 35.6 Å². The average molecular weight is 683 g/mol. The van der Waals surface area contributed by atoms with Crippen LogP contribution >= 0.6 is 0 Å². The second-order valence-electron chi connectivity index (χ2n) is 11.8. The zero-order valence-corrected chi connectivity index (χ0v) is 26.8. The number of alkyl halides is 6. The van der Waals surface area contributed by atoms with Gasteiger partial charge in [-0.15, -0.1) is 0 Å². The summed E-state index contributed by atoms with van der Waals surface area (Å²) in [5.74, 6) is 0.376. The van der Waals surface area contributed by atoms with Gasteiger partial charge in [-0.2, -0.15) is 26.3 Å². The highest BCUT2D eigenvalue weighted by atomic mass is 19.4. The predicted molar refractivity (Wildman–Crippen MR) is 164 cm³/mol. The third kappa shape index (κ3) is 7.85. The number of nitrogens with one attached hydrogen (secondary N) is 1. The van der Waals surface area contributed by atoms with Crippen LogP contribution in [-0.2, 0) is 28.2 Å². The molecule has 2 aliphatic heterocycles. The lowest BCUT2D eigenvalue weighted by Crippen LogP contribution is -2.47. The zero-order chi connectivity index (χ0) is 34.8. The Kier molecular flexibility index (Phi) is 10.2. The van der Waals surface area contributed by atoms with E-state index in [-0.39, 0.29) is 41.8 Å². The van der Waals surface area contributed by atoms with Crippen molar-refractivity contribution in [3.8, 4) is 5.88 Å². The van der Waals surface area contributed by atoms with E-state index in [1.165, 1.54) is 13.3 Å². The summed E-state index contributed by atoms with van der Waals surface area (Å²) in [6.45, 7) is 7.04. The Hall–Kier alpha value is -4.34. The number of anilines is 3. The maximum Gasteiger partial charge on any atom is 0.416 e. The summed E-state index contributed by atoms with van der Waals surface area (Å²) in [7, 11) is 1.46. The first-order valence-corrected chi connectivity index (χ1v) is 15.5. The number of carbonyl (C=O) groups is 1. The quantitative estimate of drug-likeness (QED) is 0.251. The Morgan fingerprint density at radius 3 is 2.27 bits per heavy atom. The minimum atomic E-state index is -4.99. The van der Waals surface area contributed by atoms with Crippen LogP contribution in [0.4, 0.5) is 48.5 Å². The molecule has 0 spiro atoms. The third-order valence-corrected chi connectivity index (χ3v) is 8.07. The molecule has 2 aromatic heterocycles. The summed E-state index contributed by atoms with van der Waals surface area (Å²) >= 11 is 0. The van der Waals surface area contributed by atoms with Crippen molar-refractivity contribution in [1.82, 2.24) is 15.0 Å². The monoisotopic (exact) mass is 682 g/mol. The minimum Gasteiger partial charge on any atom is -0.481 e. The number of pyridine rings is 1. The fraction of sp³-hybridized carbons (Fsp3) is 0.500. The fourth-order valence-corrected chi connectivity index (χ4v) is 5.84. The molecule has 1 N–H and O–H groups in total. The van der Waals surface area contributed by atoms with E-state index in [4.69, 9.17) is 14.2 Å². The highest BCUT2D eigenvalue weighted by Gasteiger charge is 2.39. The van der Waals surface area contributed by atoms with E-state index in [1.807, 2.05) is 11.8 Å². The van der Waals surface area contributed by atoms with Crippen molar-refractivity contribution in [3.05, 3.63) is 64.6 Å². The van der Waals surface area contributed by atoms with Crippen molar-refractivity contribution in [2.45, 2.75) is 70.6 Å². The molecule has 1 aromatic carbocycles. The molecule has 2 atom stereocenters. The van der Waals surface area contributed by atoms with Gasteiger partial charge >= 0.3 is 18.4 Å². The van der Waals surface area contributed by atoms with Gasteiger partial charge in [-0.25, -0.2) is 19.7 Å². The van der Waals surface area contributed by atoms with Crippen molar-refractivity contribution in [1.29, 1.82) is 0 Å². The van der Waals surface area contributed by atoms with E-state index in [0.29, 0.717) is 74.2 Å². The average Bonchev–Trinajstić information content (AvgIpc) is 3.03. The van der Waals surface area contributed by atoms with Gasteiger partial charge in [-0.3, -0.25) is 4.90 Å². The number of methoxy groups -OCH3 is 1. The molecule has 1 fully saturated rings. The molecule has 0 bridgehead atoms. The maximum absolute atomic E-state index is 13.7. The summed E-state index contributed by atoms with van der Waals surface area (Å²) in [4.78, 5) is 30.4. The largest absolute Gasteiger partial charge is 0.481 e. The van der Waals surface area contributed by atoms with E-state index in [2.05, 4.69) is 20.3 Å². The summed E-state index contributed by atoms with van der Waals surface area (Å²) < 4.78 is 98.3. The lowest BCUT2D eigenvalue weighted by Gasteiger charge is -2.39. The Morgan fingerprint density at radius 1 is 1.02 bits per heavy atom. The van der Waals surface area contributed by atoms with Crippen molar-refractivity contribution >= 4 is 23.4 Å². The molecule has 260 valence electrons. The molecule has 0 aliphatic carbocycles. The Balaban J connectivity index is 1.55. The van der Waals surface area contributed by atoms with E-state index in [0.717, 1.165) is 0 Å². The van der Waals surface area contributed by atoms with Crippen LogP contribution in [0.25, 0.3) is 0 Å². The van der Waals surface area contributed by atoms with Crippen LogP contribution in [0.15, 0.2) is 36.5 Å². The number of halogens is 6. The van der Waals surface area contributed by atoms with Crippen molar-refractivity contribution in [2.24, 2.45) is 0 Å². The molecule has 0 unspecified atom stereocenters. The van der Waals surface area contributed by atoms with E-state index in [9.17, 15) is 31.1 Å². The second-order valence-corrected chi connectivity index (χ2v) is 11.8. The molecular weight excluding hydrogens is 646 g/mol. The van der Waals surface area contributed by atoms with Crippen molar-refractivity contribution in [3.63, 3.8) is 0 Å². The van der Waals surface area contributed by atoms with Gasteiger partial charge in [0.25, 0.3) is 0 Å². The normalized spacial score (nSPS) is 18.5.